The number of hydrogen-bond acceptors (Lipinski definition) is 5. The summed E-state index contributed by atoms with van der Waals surface area (Å²) in [4.78, 5) is 15.6. The molecule has 0 saturated heterocycles. The van der Waals surface area contributed by atoms with Crippen LogP contribution in [0.5, 0.6) is 5.75 Å². The second-order valence-electron chi connectivity index (χ2n) is 6.31. The average Bonchev–Trinajstić information content (AvgIpc) is 3.01. The number of imidazole rings is 1. The highest BCUT2D eigenvalue weighted by Gasteiger charge is 2.38. The topological polar surface area (TPSA) is 87.8 Å². The molecule has 1 aromatic heterocycles. The number of para-hydroxylation sites is 1. The van der Waals surface area contributed by atoms with Gasteiger partial charge in [0.15, 0.2) is 0 Å². The van der Waals surface area contributed by atoms with Crippen LogP contribution < -0.4 is 4.74 Å². The molecule has 0 amide bonds. The lowest BCUT2D eigenvalue weighted by atomic mass is 10.0. The molecule has 3 rings (SSSR count). The number of aromatic nitrogens is 2. The van der Waals surface area contributed by atoms with E-state index in [1.165, 1.54) is 5.69 Å². The van der Waals surface area contributed by atoms with E-state index in [4.69, 9.17) is 14.6 Å². The van der Waals surface area contributed by atoms with Gasteiger partial charge in [-0.05, 0) is 6.07 Å². The molecule has 1 unspecified atom stereocenters. The highest BCUT2D eigenvalue weighted by Crippen LogP contribution is 2.26. The number of nitrogens with zero attached hydrogens (tertiary/aromatic N) is 3. The number of aliphatic hydroxyl groups excluding tert-OH is 1. The summed E-state index contributed by atoms with van der Waals surface area (Å²) in [5, 5.41) is 16.8. The summed E-state index contributed by atoms with van der Waals surface area (Å²) in [5.41, 5.74) is 3.47. The number of carboxylic acids is 1. The Kier molecular flexibility index (Phi) is 7.03. The number of ether oxygens (including phenoxy) is 1. The Morgan fingerprint density at radius 1 is 1.36 bits per heavy atom. The fourth-order valence-corrected chi connectivity index (χ4v) is 2.99. The van der Waals surface area contributed by atoms with Gasteiger partial charge in [-0.2, -0.15) is 13.2 Å². The van der Waals surface area contributed by atoms with Crippen LogP contribution in [0, 0.1) is 0 Å². The third kappa shape index (κ3) is 5.23. The Bertz CT molecular complexity index is 808. The molecule has 0 saturated carbocycles. The van der Waals surface area contributed by atoms with Crippen LogP contribution in [0.2, 0.25) is 0 Å². The van der Waals surface area contributed by atoms with E-state index in [2.05, 4.69) is 20.5 Å². The van der Waals surface area contributed by atoms with Crippen molar-refractivity contribution in [2.24, 2.45) is 7.05 Å². The zero-order valence-electron chi connectivity index (χ0n) is 15.5. The van der Waals surface area contributed by atoms with E-state index >= 15 is 0 Å². The molecular formula is C18H22F3N3O4. The molecule has 154 valence electrons. The lowest BCUT2D eigenvalue weighted by Gasteiger charge is -2.34. The standard InChI is InChI=1S/C16H21N3O2.C2HF3O2/c1-18-11-17-14-9-19(13(10-20)7-15(14)18)8-12-5-3-4-6-16(12)21-2;3-2(4,5)1(6)7/h3-6,11,13,20H,7-10H2,1-2H3;(H,6,7). The van der Waals surface area contributed by atoms with Crippen molar-refractivity contribution in [1.82, 2.24) is 14.5 Å². The van der Waals surface area contributed by atoms with Crippen molar-refractivity contribution in [3.8, 4) is 5.75 Å². The van der Waals surface area contributed by atoms with Gasteiger partial charge >= 0.3 is 12.1 Å². The fourth-order valence-electron chi connectivity index (χ4n) is 2.99. The van der Waals surface area contributed by atoms with Gasteiger partial charge in [-0.15, -0.1) is 0 Å². The van der Waals surface area contributed by atoms with Crippen molar-refractivity contribution < 1.29 is 32.9 Å². The first-order chi connectivity index (χ1) is 13.2. The van der Waals surface area contributed by atoms with Crippen LogP contribution in [-0.4, -0.2) is 56.6 Å². The van der Waals surface area contributed by atoms with Gasteiger partial charge in [0, 0.05) is 43.9 Å². The van der Waals surface area contributed by atoms with Crippen LogP contribution in [0.3, 0.4) is 0 Å². The predicted molar refractivity (Wildman–Crippen MR) is 93.7 cm³/mol. The van der Waals surface area contributed by atoms with Gasteiger partial charge in [0.2, 0.25) is 0 Å². The minimum atomic E-state index is -5.08. The third-order valence-electron chi connectivity index (χ3n) is 4.46. The molecule has 7 nitrogen and oxygen atoms in total. The quantitative estimate of drug-likeness (QED) is 0.815. The number of aliphatic carboxylic acids is 1. The molecule has 10 heteroatoms. The summed E-state index contributed by atoms with van der Waals surface area (Å²) >= 11 is 0. The molecule has 2 N–H and O–H groups in total. The van der Waals surface area contributed by atoms with Crippen molar-refractivity contribution in [3.05, 3.63) is 47.5 Å². The number of aliphatic hydroxyl groups is 1. The molecule has 0 bridgehead atoms. The van der Waals surface area contributed by atoms with Crippen molar-refractivity contribution >= 4 is 5.97 Å². The van der Waals surface area contributed by atoms with Crippen LogP contribution in [0.25, 0.3) is 0 Å². The van der Waals surface area contributed by atoms with Crippen LogP contribution in [-0.2, 0) is 31.4 Å². The Hall–Kier alpha value is -2.59. The molecule has 0 spiro atoms. The normalized spacial score (nSPS) is 16.7. The molecule has 1 aliphatic heterocycles. The molecular weight excluding hydrogens is 379 g/mol. The van der Waals surface area contributed by atoms with Gasteiger partial charge in [0.05, 0.1) is 25.7 Å². The van der Waals surface area contributed by atoms with E-state index in [0.29, 0.717) is 0 Å². The van der Waals surface area contributed by atoms with Crippen LogP contribution in [0.1, 0.15) is 17.0 Å². The van der Waals surface area contributed by atoms with Gasteiger partial charge in [-0.25, -0.2) is 9.78 Å². The number of methoxy groups -OCH3 is 1. The van der Waals surface area contributed by atoms with Gasteiger partial charge < -0.3 is 19.5 Å². The zero-order valence-corrected chi connectivity index (χ0v) is 15.5. The van der Waals surface area contributed by atoms with Gasteiger partial charge in [-0.1, -0.05) is 18.2 Å². The largest absolute Gasteiger partial charge is 0.496 e. The molecule has 2 heterocycles. The first kappa shape index (κ1) is 21.7. The van der Waals surface area contributed by atoms with Crippen molar-refractivity contribution in [3.63, 3.8) is 0 Å². The number of rotatable bonds is 4. The van der Waals surface area contributed by atoms with E-state index in [-0.39, 0.29) is 12.6 Å². The lowest BCUT2D eigenvalue weighted by molar-refractivity contribution is -0.192. The smallest absolute Gasteiger partial charge is 0.490 e. The third-order valence-corrected chi connectivity index (χ3v) is 4.46. The van der Waals surface area contributed by atoms with Gasteiger partial charge in [0.25, 0.3) is 0 Å². The van der Waals surface area contributed by atoms with Crippen molar-refractivity contribution in [2.75, 3.05) is 13.7 Å². The number of carbonyl (C=O) groups is 1. The highest BCUT2D eigenvalue weighted by atomic mass is 19.4. The molecule has 1 aromatic carbocycles. The number of carboxylic acid groups (broad SMARTS) is 1. The molecule has 0 aliphatic carbocycles. The molecule has 28 heavy (non-hydrogen) atoms. The minimum Gasteiger partial charge on any atom is -0.496 e. The maximum absolute atomic E-state index is 10.6. The number of benzene rings is 1. The number of aryl methyl sites for hydroxylation is 1. The second-order valence-corrected chi connectivity index (χ2v) is 6.31. The van der Waals surface area contributed by atoms with Crippen LogP contribution >= 0.6 is 0 Å². The second kappa shape index (κ2) is 9.07. The predicted octanol–water partition coefficient (Wildman–Crippen LogP) is 1.98. The van der Waals surface area contributed by atoms with E-state index in [9.17, 15) is 18.3 Å². The summed E-state index contributed by atoms with van der Waals surface area (Å²) in [5.74, 6) is -1.87. The Morgan fingerprint density at radius 2 is 2.00 bits per heavy atom. The number of hydrogen-bond donors (Lipinski definition) is 2. The zero-order chi connectivity index (χ0) is 20.9. The first-order valence-corrected chi connectivity index (χ1v) is 8.43. The van der Waals surface area contributed by atoms with E-state index in [1.54, 1.807) is 7.11 Å². The number of alkyl halides is 3. The lowest BCUT2D eigenvalue weighted by Crippen LogP contribution is -2.42. The van der Waals surface area contributed by atoms with Crippen LogP contribution in [0.15, 0.2) is 30.6 Å². The van der Waals surface area contributed by atoms with E-state index < -0.39 is 12.1 Å². The molecule has 1 atom stereocenters. The van der Waals surface area contributed by atoms with E-state index in [0.717, 1.165) is 36.5 Å². The summed E-state index contributed by atoms with van der Waals surface area (Å²) in [6.07, 6.45) is -2.40. The summed E-state index contributed by atoms with van der Waals surface area (Å²) < 4.78 is 39.2. The Balaban J connectivity index is 0.000000345. The Labute approximate surface area is 160 Å². The Morgan fingerprint density at radius 3 is 2.57 bits per heavy atom. The number of halogens is 3. The number of fused-ring (bicyclic) bond motifs is 1. The van der Waals surface area contributed by atoms with E-state index in [1.807, 2.05) is 31.6 Å². The van der Waals surface area contributed by atoms with Crippen molar-refractivity contribution in [2.45, 2.75) is 31.7 Å². The molecule has 2 aromatic rings. The SMILES string of the molecule is COc1ccccc1CN1Cc2ncn(C)c2CC1CO.O=C(O)C(F)(F)F. The summed E-state index contributed by atoms with van der Waals surface area (Å²) in [7, 11) is 3.70. The average molecular weight is 401 g/mol. The summed E-state index contributed by atoms with van der Waals surface area (Å²) in [6.45, 7) is 1.67. The molecule has 1 aliphatic rings. The van der Waals surface area contributed by atoms with Gasteiger partial charge in [-0.3, -0.25) is 4.90 Å². The minimum absolute atomic E-state index is 0.123. The van der Waals surface area contributed by atoms with Crippen LogP contribution in [0.4, 0.5) is 13.2 Å². The van der Waals surface area contributed by atoms with Gasteiger partial charge in [0.1, 0.15) is 5.75 Å². The highest BCUT2D eigenvalue weighted by molar-refractivity contribution is 5.73. The molecule has 0 radical (unpaired) electrons. The van der Waals surface area contributed by atoms with Crippen molar-refractivity contribution in [1.29, 1.82) is 0 Å². The molecule has 0 fully saturated rings. The summed E-state index contributed by atoms with van der Waals surface area (Å²) in [6, 6.07) is 8.15. The maximum atomic E-state index is 10.6. The fraction of sp³-hybridized carbons (Fsp3) is 0.444. The monoisotopic (exact) mass is 401 g/mol. The first-order valence-electron chi connectivity index (χ1n) is 8.43. The maximum Gasteiger partial charge on any atom is 0.490 e.